The van der Waals surface area contributed by atoms with Crippen molar-refractivity contribution >= 4 is 34.7 Å². The summed E-state index contributed by atoms with van der Waals surface area (Å²) < 4.78 is 17.3. The SMILES string of the molecule is Nc1c(Cl)nc(Cl)nc1N[C@@H]1C[C@H]([OH+]CCO)[C@H]2OC3(CCCC3)O[C@H]21. The first kappa shape index (κ1) is 18.5. The second-order valence-corrected chi connectivity index (χ2v) is 7.71. The lowest BCUT2D eigenvalue weighted by Gasteiger charge is -2.26. The Balaban J connectivity index is 1.56. The van der Waals surface area contributed by atoms with Crippen LogP contribution < -0.4 is 11.1 Å². The molecule has 10 heteroatoms. The predicted molar refractivity (Wildman–Crippen MR) is 97.4 cm³/mol. The first-order valence-corrected chi connectivity index (χ1v) is 9.65. The van der Waals surface area contributed by atoms with Crippen molar-refractivity contribution in [1.29, 1.82) is 0 Å². The van der Waals surface area contributed by atoms with Gasteiger partial charge in [-0.05, 0) is 24.4 Å². The molecule has 2 heterocycles. The molecular weight excluding hydrogens is 383 g/mol. The van der Waals surface area contributed by atoms with E-state index in [1.807, 2.05) is 0 Å². The summed E-state index contributed by atoms with van der Waals surface area (Å²) in [7, 11) is 0. The highest BCUT2D eigenvalue weighted by molar-refractivity contribution is 6.34. The summed E-state index contributed by atoms with van der Waals surface area (Å²) in [6.07, 6.45) is 4.29. The quantitative estimate of drug-likeness (QED) is 0.386. The Morgan fingerprint density at radius 2 is 1.96 bits per heavy atom. The van der Waals surface area contributed by atoms with Gasteiger partial charge >= 0.3 is 0 Å². The van der Waals surface area contributed by atoms with Crippen molar-refractivity contribution in [2.75, 3.05) is 24.3 Å². The zero-order chi connectivity index (χ0) is 18.3. The van der Waals surface area contributed by atoms with Gasteiger partial charge in [0, 0.05) is 19.3 Å². The van der Waals surface area contributed by atoms with Crippen LogP contribution in [0.3, 0.4) is 0 Å². The van der Waals surface area contributed by atoms with Crippen LogP contribution in [0.25, 0.3) is 0 Å². The summed E-state index contributed by atoms with van der Waals surface area (Å²) in [5, 5.41) is 12.6. The Labute approximate surface area is 161 Å². The Hall–Kier alpha value is -0.900. The molecule has 0 aromatic carbocycles. The molecule has 0 unspecified atom stereocenters. The molecule has 2 aliphatic carbocycles. The molecule has 1 spiro atoms. The standard InChI is InChI=1S/C16H22Cl2N4O4/c17-13-10(19)14(22-15(18)21-13)20-8-7-9(24-6-5-23)12-11(8)25-16(26-12)3-1-2-4-16/h8-9,11-12,23H,1-7,19H2,(H,20,21,22)/p+1/t8-,9+,11+,12-/m1/s1. The summed E-state index contributed by atoms with van der Waals surface area (Å²) >= 11 is 11.9. The number of halogens is 2. The number of fused-ring (bicyclic) bond motifs is 1. The maximum absolute atomic E-state index is 9.13. The van der Waals surface area contributed by atoms with Gasteiger partial charge in [-0.25, -0.2) is 4.98 Å². The van der Waals surface area contributed by atoms with Gasteiger partial charge in [-0.3, -0.25) is 0 Å². The molecular formula is C16H23Cl2N4O4+. The van der Waals surface area contributed by atoms with Crippen molar-refractivity contribution in [1.82, 2.24) is 9.97 Å². The topological polar surface area (TPSA) is 115 Å². The second kappa shape index (κ2) is 7.26. The molecule has 0 radical (unpaired) electrons. The minimum atomic E-state index is -0.505. The van der Waals surface area contributed by atoms with E-state index in [9.17, 15) is 0 Å². The maximum atomic E-state index is 9.13. The van der Waals surface area contributed by atoms with Gasteiger partial charge in [-0.2, -0.15) is 4.98 Å². The van der Waals surface area contributed by atoms with E-state index >= 15 is 0 Å². The van der Waals surface area contributed by atoms with Gasteiger partial charge < -0.3 is 30.4 Å². The number of hydrogen-bond acceptors (Lipinski definition) is 7. The van der Waals surface area contributed by atoms with Gasteiger partial charge in [0.2, 0.25) is 5.28 Å². The van der Waals surface area contributed by atoms with Gasteiger partial charge in [0.25, 0.3) is 0 Å². The first-order valence-electron chi connectivity index (χ1n) is 8.89. The predicted octanol–water partition coefficient (Wildman–Crippen LogP) is 1.49. The lowest BCUT2D eigenvalue weighted by Crippen LogP contribution is -2.35. The Bertz CT molecular complexity index is 674. The van der Waals surface area contributed by atoms with E-state index in [0.29, 0.717) is 18.8 Å². The highest BCUT2D eigenvalue weighted by Crippen LogP contribution is 2.47. The van der Waals surface area contributed by atoms with Gasteiger partial charge in [-0.1, -0.05) is 11.6 Å². The van der Waals surface area contributed by atoms with E-state index in [2.05, 4.69) is 20.0 Å². The van der Waals surface area contributed by atoms with Crippen LogP contribution in [0.2, 0.25) is 10.4 Å². The van der Waals surface area contributed by atoms with Crippen LogP contribution in [-0.4, -0.2) is 63.2 Å². The number of ether oxygens (including phenoxy) is 3. The highest BCUT2D eigenvalue weighted by Gasteiger charge is 2.60. The van der Waals surface area contributed by atoms with E-state index in [4.69, 9.17) is 43.5 Å². The lowest BCUT2D eigenvalue weighted by atomic mass is 10.2. The molecule has 0 amide bonds. The number of anilines is 2. The van der Waals surface area contributed by atoms with E-state index in [1.54, 1.807) is 0 Å². The van der Waals surface area contributed by atoms with Crippen LogP contribution in [0.1, 0.15) is 32.1 Å². The molecule has 3 fully saturated rings. The second-order valence-electron chi connectivity index (χ2n) is 7.01. The fraction of sp³-hybridized carbons (Fsp3) is 0.750. The normalized spacial score (nSPS) is 32.3. The van der Waals surface area contributed by atoms with Crippen molar-refractivity contribution in [2.45, 2.75) is 62.2 Å². The maximum Gasteiger partial charge on any atom is 0.225 e. The molecule has 5 N–H and O–H groups in total. The molecule has 1 aromatic heterocycles. The Morgan fingerprint density at radius 1 is 1.23 bits per heavy atom. The highest BCUT2D eigenvalue weighted by atomic mass is 35.5. The van der Waals surface area contributed by atoms with E-state index in [-0.39, 0.29) is 47.1 Å². The third-order valence-electron chi connectivity index (χ3n) is 5.32. The number of aliphatic hydroxyl groups excluding tert-OH is 1. The van der Waals surface area contributed by atoms with Crippen LogP contribution in [0.15, 0.2) is 0 Å². The van der Waals surface area contributed by atoms with Crippen LogP contribution in [-0.2, 0) is 9.47 Å². The molecule has 1 aromatic rings. The van der Waals surface area contributed by atoms with Gasteiger partial charge in [0.15, 0.2) is 35.6 Å². The number of hydrogen-bond donors (Lipinski definition) is 3. The van der Waals surface area contributed by atoms with E-state index < -0.39 is 5.79 Å². The minimum absolute atomic E-state index is 0.0159. The minimum Gasteiger partial charge on any atom is -0.428 e. The van der Waals surface area contributed by atoms with Crippen LogP contribution in [0.5, 0.6) is 0 Å². The molecule has 26 heavy (non-hydrogen) atoms. The summed E-state index contributed by atoms with van der Waals surface area (Å²) in [6, 6.07) is -0.100. The fourth-order valence-electron chi connectivity index (χ4n) is 4.19. The lowest BCUT2D eigenvalue weighted by molar-refractivity contribution is -0.210. The monoisotopic (exact) mass is 405 g/mol. The van der Waals surface area contributed by atoms with Crippen molar-refractivity contribution in [3.05, 3.63) is 10.4 Å². The zero-order valence-corrected chi connectivity index (χ0v) is 15.7. The third kappa shape index (κ3) is 3.34. The van der Waals surface area contributed by atoms with Gasteiger partial charge in [0.05, 0.1) is 6.04 Å². The Morgan fingerprint density at radius 3 is 2.69 bits per heavy atom. The average Bonchev–Trinajstić information content (AvgIpc) is 3.29. The van der Waals surface area contributed by atoms with E-state index in [0.717, 1.165) is 25.7 Å². The molecule has 1 aliphatic heterocycles. The zero-order valence-electron chi connectivity index (χ0n) is 14.2. The van der Waals surface area contributed by atoms with Crippen LogP contribution in [0, 0.1) is 0 Å². The number of aliphatic hydroxyl groups is 3. The van der Waals surface area contributed by atoms with Gasteiger partial charge in [-0.15, -0.1) is 0 Å². The number of nitrogens with zero attached hydrogens (tertiary/aromatic N) is 2. The van der Waals surface area contributed by atoms with Gasteiger partial charge in [0.1, 0.15) is 18.4 Å². The summed E-state index contributed by atoms with van der Waals surface area (Å²) in [5.41, 5.74) is 6.24. The summed E-state index contributed by atoms with van der Waals surface area (Å²) in [4.78, 5) is 7.99. The number of nitrogen functional groups attached to an aromatic ring is 1. The first-order chi connectivity index (χ1) is 12.5. The fourth-order valence-corrected chi connectivity index (χ4v) is 4.57. The molecule has 4 atom stereocenters. The van der Waals surface area contributed by atoms with Crippen molar-refractivity contribution in [3.63, 3.8) is 0 Å². The molecule has 4 rings (SSSR count). The molecule has 2 saturated carbocycles. The number of aromatic nitrogens is 2. The van der Waals surface area contributed by atoms with Crippen molar-refractivity contribution in [2.24, 2.45) is 0 Å². The molecule has 0 bridgehead atoms. The molecule has 3 aliphatic rings. The smallest absolute Gasteiger partial charge is 0.225 e. The third-order valence-corrected chi connectivity index (χ3v) is 5.78. The number of rotatable bonds is 5. The number of nitrogens with one attached hydrogen (secondary N) is 1. The largest absolute Gasteiger partial charge is 0.428 e. The molecule has 1 saturated heterocycles. The van der Waals surface area contributed by atoms with E-state index in [1.165, 1.54) is 0 Å². The molecule has 8 nitrogen and oxygen atoms in total. The van der Waals surface area contributed by atoms with Crippen molar-refractivity contribution in [3.8, 4) is 0 Å². The van der Waals surface area contributed by atoms with Crippen LogP contribution in [0.4, 0.5) is 11.5 Å². The number of nitrogens with two attached hydrogens (primary N) is 1. The van der Waals surface area contributed by atoms with Crippen molar-refractivity contribution < 1.29 is 19.3 Å². The van der Waals surface area contributed by atoms with Crippen LogP contribution >= 0.6 is 23.2 Å². The summed E-state index contributed by atoms with van der Waals surface area (Å²) in [6.45, 7) is 0.395. The Kier molecular flexibility index (Phi) is 5.15. The molecule has 144 valence electrons. The average molecular weight is 406 g/mol. The summed E-state index contributed by atoms with van der Waals surface area (Å²) in [5.74, 6) is -0.118.